The molecule has 2 N–H and O–H groups in total. The Balaban J connectivity index is 2.09. The van der Waals surface area contributed by atoms with Gasteiger partial charge in [0.1, 0.15) is 4.21 Å². The van der Waals surface area contributed by atoms with Crippen molar-refractivity contribution in [3.8, 4) is 0 Å². The van der Waals surface area contributed by atoms with Crippen molar-refractivity contribution in [2.45, 2.75) is 31.1 Å². The van der Waals surface area contributed by atoms with Gasteiger partial charge < -0.3 is 5.32 Å². The van der Waals surface area contributed by atoms with Gasteiger partial charge >= 0.3 is 0 Å². The van der Waals surface area contributed by atoms with Crippen LogP contribution in [0.3, 0.4) is 0 Å². The van der Waals surface area contributed by atoms with Crippen LogP contribution in [0.25, 0.3) is 0 Å². The number of nitrogens with one attached hydrogen (secondary N) is 2. The Labute approximate surface area is 128 Å². The van der Waals surface area contributed by atoms with Gasteiger partial charge in [-0.2, -0.15) is 10.2 Å². The number of hydrogen-bond donors (Lipinski definition) is 2. The smallest absolute Gasteiger partial charge is 0.250 e. The second-order valence-electron chi connectivity index (χ2n) is 4.49. The van der Waals surface area contributed by atoms with Crippen LogP contribution < -0.4 is 10.0 Å². The summed E-state index contributed by atoms with van der Waals surface area (Å²) in [5, 5.41) is 10.8. The van der Waals surface area contributed by atoms with Crippen LogP contribution in [0.15, 0.2) is 28.6 Å². The summed E-state index contributed by atoms with van der Waals surface area (Å²) in [4.78, 5) is 1.04. The van der Waals surface area contributed by atoms with Crippen LogP contribution >= 0.6 is 11.3 Å². The number of nitrogens with zero attached hydrogens (tertiary/aromatic N) is 2. The molecule has 2 aromatic rings. The molecule has 0 spiro atoms. The number of aryl methyl sites for hydroxylation is 1. The molecule has 0 amide bonds. The molecule has 114 valence electrons. The maximum atomic E-state index is 12.3. The predicted octanol–water partition coefficient (Wildman–Crippen LogP) is 1.43. The van der Waals surface area contributed by atoms with Crippen LogP contribution in [0.2, 0.25) is 0 Å². The molecule has 0 aliphatic heterocycles. The van der Waals surface area contributed by atoms with E-state index in [1.54, 1.807) is 24.4 Å². The highest BCUT2D eigenvalue weighted by atomic mass is 32.2. The van der Waals surface area contributed by atoms with Crippen LogP contribution in [0, 0.1) is 6.92 Å². The van der Waals surface area contributed by atoms with Gasteiger partial charge in [0.15, 0.2) is 0 Å². The molecule has 2 heterocycles. The minimum Gasteiger partial charge on any atom is -0.312 e. The summed E-state index contributed by atoms with van der Waals surface area (Å²) in [6.45, 7) is 5.61. The quantitative estimate of drug-likeness (QED) is 0.804. The minimum atomic E-state index is -3.51. The van der Waals surface area contributed by atoms with Crippen LogP contribution in [0.4, 0.5) is 0 Å². The number of thiophene rings is 1. The van der Waals surface area contributed by atoms with Gasteiger partial charge in [-0.1, -0.05) is 6.92 Å². The van der Waals surface area contributed by atoms with E-state index in [-0.39, 0.29) is 6.54 Å². The lowest BCUT2D eigenvalue weighted by Crippen LogP contribution is -2.23. The summed E-state index contributed by atoms with van der Waals surface area (Å²) >= 11 is 1.29. The first kappa shape index (κ1) is 16.0. The zero-order chi connectivity index (χ0) is 15.3. The van der Waals surface area contributed by atoms with E-state index < -0.39 is 10.0 Å². The van der Waals surface area contributed by atoms with Gasteiger partial charge in [-0.3, -0.25) is 0 Å². The second kappa shape index (κ2) is 7.08. The van der Waals surface area contributed by atoms with Crippen LogP contribution in [0.1, 0.15) is 23.1 Å². The van der Waals surface area contributed by atoms with Gasteiger partial charge in [-0.15, -0.1) is 11.3 Å². The molecule has 0 atom stereocenters. The van der Waals surface area contributed by atoms with Gasteiger partial charge in [0, 0.05) is 17.6 Å². The molecule has 0 unspecified atom stereocenters. The molecule has 2 aromatic heterocycles. The number of hydrogen-bond acceptors (Lipinski definition) is 6. The van der Waals surface area contributed by atoms with Gasteiger partial charge in [0.2, 0.25) is 10.0 Å². The third-order valence-electron chi connectivity index (χ3n) is 2.87. The van der Waals surface area contributed by atoms with Crippen molar-refractivity contribution in [3.05, 3.63) is 40.5 Å². The molecule has 0 saturated heterocycles. The van der Waals surface area contributed by atoms with Crippen molar-refractivity contribution >= 4 is 21.4 Å². The topological polar surface area (TPSA) is 84.0 Å². The first-order valence-corrected chi connectivity index (χ1v) is 8.89. The van der Waals surface area contributed by atoms with E-state index in [2.05, 4.69) is 20.2 Å². The van der Waals surface area contributed by atoms with Crippen molar-refractivity contribution in [1.29, 1.82) is 0 Å². The highest BCUT2D eigenvalue weighted by molar-refractivity contribution is 7.91. The normalized spacial score (nSPS) is 11.7. The van der Waals surface area contributed by atoms with Gasteiger partial charge in [0.05, 0.1) is 12.2 Å². The molecule has 0 aliphatic rings. The maximum Gasteiger partial charge on any atom is 0.250 e. The summed E-state index contributed by atoms with van der Waals surface area (Å²) in [5.74, 6) is 0. The molecule has 8 heteroatoms. The average Bonchev–Trinajstić information content (AvgIpc) is 2.86. The van der Waals surface area contributed by atoms with Crippen molar-refractivity contribution < 1.29 is 8.42 Å². The standard InChI is InChI=1S/C13H18N4O2S2/c1-3-14-9-12-10(2)7-13(20-12)21(18,19)16-8-11-5-4-6-15-17-11/h4-7,14,16H,3,8-9H2,1-2H3. The van der Waals surface area contributed by atoms with Crippen LogP contribution in [0.5, 0.6) is 0 Å². The molecule has 0 bridgehead atoms. The number of rotatable bonds is 7. The maximum absolute atomic E-state index is 12.3. The summed E-state index contributed by atoms with van der Waals surface area (Å²) in [5.41, 5.74) is 1.57. The van der Waals surface area contributed by atoms with Crippen molar-refractivity contribution in [3.63, 3.8) is 0 Å². The van der Waals surface area contributed by atoms with Crippen molar-refractivity contribution in [2.75, 3.05) is 6.54 Å². The Hall–Kier alpha value is -1.35. The average molecular weight is 326 g/mol. The molecular formula is C13H18N4O2S2. The third-order valence-corrected chi connectivity index (χ3v) is 5.98. The fourth-order valence-electron chi connectivity index (χ4n) is 1.70. The summed E-state index contributed by atoms with van der Waals surface area (Å²) in [7, 11) is -3.51. The third kappa shape index (κ3) is 4.31. The monoisotopic (exact) mass is 326 g/mol. The van der Waals surface area contributed by atoms with E-state index >= 15 is 0 Å². The van der Waals surface area contributed by atoms with Crippen LogP contribution in [-0.2, 0) is 23.1 Å². The SMILES string of the molecule is CCNCc1sc(S(=O)(=O)NCc2cccnn2)cc1C. The highest BCUT2D eigenvalue weighted by Crippen LogP contribution is 2.25. The fourth-order valence-corrected chi connectivity index (χ4v) is 4.31. The molecule has 6 nitrogen and oxygen atoms in total. The second-order valence-corrected chi connectivity index (χ2v) is 7.62. The van der Waals surface area contributed by atoms with Gasteiger partial charge in [-0.05, 0) is 37.2 Å². The molecule has 0 aliphatic carbocycles. The van der Waals surface area contributed by atoms with Crippen LogP contribution in [-0.4, -0.2) is 25.2 Å². The fraction of sp³-hybridized carbons (Fsp3) is 0.385. The zero-order valence-electron chi connectivity index (χ0n) is 12.0. The van der Waals surface area contributed by atoms with Crippen molar-refractivity contribution in [2.24, 2.45) is 0 Å². The predicted molar refractivity (Wildman–Crippen MR) is 82.5 cm³/mol. The Morgan fingerprint density at radius 1 is 1.33 bits per heavy atom. The van der Waals surface area contributed by atoms with Gasteiger partial charge in [0.25, 0.3) is 0 Å². The largest absolute Gasteiger partial charge is 0.312 e. The molecule has 21 heavy (non-hydrogen) atoms. The Morgan fingerprint density at radius 2 is 2.14 bits per heavy atom. The molecule has 0 fully saturated rings. The van der Waals surface area contributed by atoms with E-state index in [0.29, 0.717) is 16.4 Å². The minimum absolute atomic E-state index is 0.135. The highest BCUT2D eigenvalue weighted by Gasteiger charge is 2.18. The summed E-state index contributed by atoms with van der Waals surface area (Å²) < 4.78 is 27.4. The molecular weight excluding hydrogens is 308 g/mol. The van der Waals surface area contributed by atoms with E-state index in [9.17, 15) is 8.42 Å². The van der Waals surface area contributed by atoms with E-state index in [1.807, 2.05) is 13.8 Å². The lowest BCUT2D eigenvalue weighted by Gasteiger charge is -2.03. The van der Waals surface area contributed by atoms with E-state index in [0.717, 1.165) is 17.0 Å². The lowest BCUT2D eigenvalue weighted by molar-refractivity contribution is 0.582. The summed E-state index contributed by atoms with van der Waals surface area (Å²) in [6.07, 6.45) is 1.55. The molecule has 0 radical (unpaired) electrons. The van der Waals surface area contributed by atoms with E-state index in [4.69, 9.17) is 0 Å². The Kier molecular flexibility index (Phi) is 5.40. The lowest BCUT2D eigenvalue weighted by atomic mass is 10.3. The van der Waals surface area contributed by atoms with Crippen molar-refractivity contribution in [1.82, 2.24) is 20.2 Å². The van der Waals surface area contributed by atoms with E-state index in [1.165, 1.54) is 11.3 Å². The van der Waals surface area contributed by atoms with Gasteiger partial charge in [-0.25, -0.2) is 13.1 Å². The Morgan fingerprint density at radius 3 is 2.81 bits per heavy atom. The Bertz CT molecular complexity index is 683. The first-order chi connectivity index (χ1) is 10.0. The molecule has 0 aromatic carbocycles. The molecule has 0 saturated carbocycles. The first-order valence-electron chi connectivity index (χ1n) is 6.59. The zero-order valence-corrected chi connectivity index (χ0v) is 13.6. The number of sulfonamides is 1. The summed E-state index contributed by atoms with van der Waals surface area (Å²) in [6, 6.07) is 5.16. The number of aromatic nitrogens is 2. The molecule has 2 rings (SSSR count).